The number of nitrogens with zero attached hydrogens (tertiary/aromatic N) is 2. The minimum absolute atomic E-state index is 0. The quantitative estimate of drug-likeness (QED) is 0.551. The minimum atomic E-state index is -0.636. The molecule has 2 nitrogen and oxygen atoms in total. The number of hydrogen-bond acceptors (Lipinski definition) is 2. The Kier molecular flexibility index (Phi) is 8.05. The van der Waals surface area contributed by atoms with Gasteiger partial charge in [0.05, 0.1) is 17.0 Å². The van der Waals surface area contributed by atoms with Crippen LogP contribution in [0.3, 0.4) is 0 Å². The smallest absolute Gasteiger partial charge is 0.123 e. The van der Waals surface area contributed by atoms with E-state index in [1.54, 1.807) is 6.92 Å². The van der Waals surface area contributed by atoms with Crippen LogP contribution in [0.5, 0.6) is 0 Å². The van der Waals surface area contributed by atoms with Gasteiger partial charge < -0.3 is 0 Å². The fourth-order valence-electron chi connectivity index (χ4n) is 0.342. The zero-order valence-electron chi connectivity index (χ0n) is 5.74. The van der Waals surface area contributed by atoms with E-state index in [0.717, 1.165) is 0 Å². The summed E-state index contributed by atoms with van der Waals surface area (Å²) in [4.78, 5) is -0.116. The Morgan fingerprint density at radius 3 is 2.27 bits per heavy atom. The van der Waals surface area contributed by atoms with Crippen molar-refractivity contribution in [2.45, 2.75) is 22.5 Å². The third-order valence-electron chi connectivity index (χ3n) is 1.08. The fourth-order valence-corrected chi connectivity index (χ4v) is 0.751. The number of hydrogen-bond donors (Lipinski definition) is 0. The Labute approximate surface area is 98.7 Å². The predicted octanol–water partition coefficient (Wildman–Crippen LogP) is 2.34. The molecule has 11 heavy (non-hydrogen) atoms. The summed E-state index contributed by atoms with van der Waals surface area (Å²) < 4.78 is -0.636. The van der Waals surface area contributed by atoms with Gasteiger partial charge >= 0.3 is 0 Å². The van der Waals surface area contributed by atoms with E-state index >= 15 is 0 Å². The van der Waals surface area contributed by atoms with E-state index in [2.05, 4.69) is 31.9 Å². The molecular formula is C6H6AgBr2N2. The summed E-state index contributed by atoms with van der Waals surface area (Å²) in [7, 11) is 0. The van der Waals surface area contributed by atoms with E-state index in [1.807, 2.05) is 12.1 Å². The molecule has 0 spiro atoms. The van der Waals surface area contributed by atoms with Crippen LogP contribution in [0.1, 0.15) is 13.3 Å². The molecule has 0 aliphatic heterocycles. The van der Waals surface area contributed by atoms with Crippen molar-refractivity contribution in [1.82, 2.24) is 0 Å². The van der Waals surface area contributed by atoms with Crippen molar-refractivity contribution in [3.63, 3.8) is 0 Å². The standard InChI is InChI=1S/C6H6Br2N2.Ag/c1-6(8,4-10)5(7)2-3-9;/h5H,2H2,1H3;. The molecule has 0 aromatic rings. The summed E-state index contributed by atoms with van der Waals surface area (Å²) >= 11 is 6.42. The molecule has 2 atom stereocenters. The Bertz CT molecular complexity index is 192. The molecule has 0 aliphatic carbocycles. The van der Waals surface area contributed by atoms with Crippen molar-refractivity contribution in [3.05, 3.63) is 0 Å². The van der Waals surface area contributed by atoms with Crippen LogP contribution in [0, 0.1) is 22.7 Å². The van der Waals surface area contributed by atoms with Crippen LogP contribution in [0.15, 0.2) is 0 Å². The molecule has 1 radical (unpaired) electrons. The van der Waals surface area contributed by atoms with Crippen LogP contribution in [0.4, 0.5) is 0 Å². The number of alkyl halides is 2. The van der Waals surface area contributed by atoms with Crippen LogP contribution in [-0.2, 0) is 22.4 Å². The van der Waals surface area contributed by atoms with E-state index in [1.165, 1.54) is 0 Å². The van der Waals surface area contributed by atoms with E-state index < -0.39 is 4.32 Å². The van der Waals surface area contributed by atoms with E-state index in [0.29, 0.717) is 6.42 Å². The maximum Gasteiger partial charge on any atom is 0.123 e. The number of halogens is 2. The van der Waals surface area contributed by atoms with Crippen LogP contribution in [-0.4, -0.2) is 9.15 Å². The first-order valence-electron chi connectivity index (χ1n) is 2.65. The normalized spacial score (nSPS) is 16.5. The molecule has 0 amide bonds. The molecule has 0 rings (SSSR count). The molecule has 65 valence electrons. The first-order chi connectivity index (χ1) is 4.54. The van der Waals surface area contributed by atoms with Gasteiger partial charge in [0.1, 0.15) is 4.32 Å². The second-order valence-corrected chi connectivity index (χ2v) is 4.77. The zero-order chi connectivity index (χ0) is 8.20. The third-order valence-corrected chi connectivity index (χ3v) is 3.66. The predicted molar refractivity (Wildman–Crippen MR) is 45.9 cm³/mol. The van der Waals surface area contributed by atoms with Gasteiger partial charge in [-0.3, -0.25) is 0 Å². The molecule has 0 saturated carbocycles. The van der Waals surface area contributed by atoms with Crippen LogP contribution >= 0.6 is 31.9 Å². The molecule has 0 heterocycles. The summed E-state index contributed by atoms with van der Waals surface area (Å²) in [5, 5.41) is 16.8. The van der Waals surface area contributed by atoms with Crippen molar-refractivity contribution in [1.29, 1.82) is 10.5 Å². The maximum atomic E-state index is 8.55. The average Bonchev–Trinajstić information content (AvgIpc) is 1.89. The largest absolute Gasteiger partial charge is 0.198 e. The maximum absolute atomic E-state index is 8.55. The van der Waals surface area contributed by atoms with E-state index in [4.69, 9.17) is 10.5 Å². The first-order valence-corrected chi connectivity index (χ1v) is 4.36. The average molecular weight is 374 g/mol. The SMILES string of the molecule is CC(Br)(C#N)C(Br)CC#N.[Ag]. The van der Waals surface area contributed by atoms with Crippen molar-refractivity contribution in [3.8, 4) is 12.1 Å². The van der Waals surface area contributed by atoms with Crippen molar-refractivity contribution < 1.29 is 22.4 Å². The van der Waals surface area contributed by atoms with Crippen LogP contribution < -0.4 is 0 Å². The molecule has 0 fully saturated rings. The van der Waals surface area contributed by atoms with Gasteiger partial charge in [0.2, 0.25) is 0 Å². The molecule has 0 aliphatic rings. The number of rotatable bonds is 2. The molecule has 0 N–H and O–H groups in total. The molecule has 0 aromatic carbocycles. The molecule has 0 bridgehead atoms. The van der Waals surface area contributed by atoms with Gasteiger partial charge in [0, 0.05) is 28.8 Å². The van der Waals surface area contributed by atoms with Crippen molar-refractivity contribution >= 4 is 31.9 Å². The minimum Gasteiger partial charge on any atom is -0.198 e. The van der Waals surface area contributed by atoms with E-state index in [9.17, 15) is 0 Å². The summed E-state index contributed by atoms with van der Waals surface area (Å²) in [5.74, 6) is 0. The monoisotopic (exact) mass is 371 g/mol. The van der Waals surface area contributed by atoms with Crippen molar-refractivity contribution in [2.24, 2.45) is 0 Å². The van der Waals surface area contributed by atoms with Gasteiger partial charge in [-0.1, -0.05) is 31.9 Å². The summed E-state index contributed by atoms with van der Waals surface area (Å²) in [6, 6.07) is 4.02. The third kappa shape index (κ3) is 5.00. The molecule has 0 saturated heterocycles. The summed E-state index contributed by atoms with van der Waals surface area (Å²) in [6.45, 7) is 1.73. The van der Waals surface area contributed by atoms with Gasteiger partial charge in [0.25, 0.3) is 0 Å². The fraction of sp³-hybridized carbons (Fsp3) is 0.667. The second-order valence-electron chi connectivity index (χ2n) is 2.02. The van der Waals surface area contributed by atoms with Gasteiger partial charge in [0.15, 0.2) is 0 Å². The Hall–Kier alpha value is 0.680. The zero-order valence-corrected chi connectivity index (χ0v) is 10.4. The van der Waals surface area contributed by atoms with Crippen LogP contribution in [0.25, 0.3) is 0 Å². The second kappa shape index (κ2) is 6.22. The molecule has 2 unspecified atom stereocenters. The first kappa shape index (κ1) is 14.2. The van der Waals surface area contributed by atoms with Gasteiger partial charge in [-0.25, -0.2) is 0 Å². The van der Waals surface area contributed by atoms with Gasteiger partial charge in [-0.15, -0.1) is 0 Å². The van der Waals surface area contributed by atoms with Gasteiger partial charge in [-0.2, -0.15) is 10.5 Å². The Balaban J connectivity index is 0. The molecule has 0 aromatic heterocycles. The van der Waals surface area contributed by atoms with Crippen LogP contribution in [0.2, 0.25) is 0 Å². The van der Waals surface area contributed by atoms with Gasteiger partial charge in [-0.05, 0) is 6.92 Å². The summed E-state index contributed by atoms with van der Waals surface area (Å²) in [6.07, 6.45) is 0.329. The molecule has 5 heteroatoms. The van der Waals surface area contributed by atoms with Crippen molar-refractivity contribution in [2.75, 3.05) is 0 Å². The number of nitriles is 2. The van der Waals surface area contributed by atoms with E-state index in [-0.39, 0.29) is 27.2 Å². The topological polar surface area (TPSA) is 47.6 Å². The Morgan fingerprint density at radius 2 is 2.00 bits per heavy atom. The Morgan fingerprint density at radius 1 is 1.55 bits per heavy atom. The molecular weight excluding hydrogens is 368 g/mol. The summed E-state index contributed by atoms with van der Waals surface area (Å²) in [5.41, 5.74) is 0.